The van der Waals surface area contributed by atoms with Crippen LogP contribution in [-0.2, 0) is 22.6 Å². The quantitative estimate of drug-likeness (QED) is 0.299. The molecule has 0 bridgehead atoms. The fraction of sp³-hybridized carbons (Fsp3) is 0.565. The third kappa shape index (κ3) is 10.1. The van der Waals surface area contributed by atoms with Crippen LogP contribution >= 0.6 is 0 Å². The Morgan fingerprint density at radius 1 is 0.852 bits per heavy atom. The molecule has 0 spiro atoms. The molecule has 0 radical (unpaired) electrons. The lowest BCUT2D eigenvalue weighted by Gasteiger charge is -2.05. The number of hydrogen-bond acceptors (Lipinski definition) is 3. The summed E-state index contributed by atoms with van der Waals surface area (Å²) >= 11 is 0. The maximum atomic E-state index is 13.0. The van der Waals surface area contributed by atoms with E-state index in [4.69, 9.17) is 4.74 Å². The molecule has 0 unspecified atom stereocenters. The highest BCUT2D eigenvalue weighted by molar-refractivity contribution is 5.69. The molecule has 27 heavy (non-hydrogen) atoms. The van der Waals surface area contributed by atoms with Crippen molar-refractivity contribution in [3.63, 3.8) is 0 Å². The number of aryl methyl sites for hydroxylation is 1. The number of benzene rings is 1. The highest BCUT2D eigenvalue weighted by Crippen LogP contribution is 2.13. The van der Waals surface area contributed by atoms with Crippen LogP contribution in [0.3, 0.4) is 0 Å². The van der Waals surface area contributed by atoms with Crippen LogP contribution in [0.25, 0.3) is 0 Å². The minimum absolute atomic E-state index is 0.143. The van der Waals surface area contributed by atoms with E-state index in [9.17, 15) is 14.0 Å². The summed E-state index contributed by atoms with van der Waals surface area (Å²) in [5.41, 5.74) is 1.98. The first-order chi connectivity index (χ1) is 13.1. The molecule has 0 N–H and O–H groups in total. The Kier molecular flexibility index (Phi) is 9.81. The molecule has 2 aromatic rings. The Balaban J connectivity index is 1.32. The summed E-state index contributed by atoms with van der Waals surface area (Å²) < 4.78 is 18.2. The average Bonchev–Trinajstić information content (AvgIpc) is 3.36. The minimum Gasteiger partial charge on any atom is -0.461 e. The van der Waals surface area contributed by atoms with Gasteiger partial charge in [0.15, 0.2) is 5.43 Å². The van der Waals surface area contributed by atoms with Crippen molar-refractivity contribution in [2.75, 3.05) is 0 Å². The van der Waals surface area contributed by atoms with Gasteiger partial charge in [-0.1, -0.05) is 63.5 Å². The monoisotopic (exact) mass is 374 g/mol. The second kappa shape index (κ2) is 12.4. The van der Waals surface area contributed by atoms with Crippen molar-refractivity contribution in [3.05, 3.63) is 57.5 Å². The Bertz CT molecular complexity index is 685. The van der Waals surface area contributed by atoms with Crippen LogP contribution in [0.1, 0.15) is 81.8 Å². The van der Waals surface area contributed by atoms with Gasteiger partial charge in [-0.05, 0) is 43.0 Å². The van der Waals surface area contributed by atoms with Crippen LogP contribution in [0.2, 0.25) is 0 Å². The van der Waals surface area contributed by atoms with E-state index >= 15 is 0 Å². The van der Waals surface area contributed by atoms with E-state index in [0.717, 1.165) is 37.7 Å². The molecule has 0 aliphatic rings. The van der Waals surface area contributed by atoms with E-state index in [1.165, 1.54) is 50.7 Å². The van der Waals surface area contributed by atoms with Crippen molar-refractivity contribution in [1.29, 1.82) is 0 Å². The maximum absolute atomic E-state index is 13.0. The minimum atomic E-state index is -0.309. The van der Waals surface area contributed by atoms with E-state index in [0.29, 0.717) is 12.0 Å². The van der Waals surface area contributed by atoms with Gasteiger partial charge in [-0.25, -0.2) is 4.39 Å². The SMILES string of the molecule is O=C(CCCCCCCCCCCCc1cc1=O)OCc1cccc(F)c1. The lowest BCUT2D eigenvalue weighted by Crippen LogP contribution is -2.04. The van der Waals surface area contributed by atoms with Gasteiger partial charge in [-0.2, -0.15) is 0 Å². The molecule has 0 amide bonds. The second-order valence-electron chi connectivity index (χ2n) is 7.36. The van der Waals surface area contributed by atoms with Crippen molar-refractivity contribution < 1.29 is 13.9 Å². The van der Waals surface area contributed by atoms with Gasteiger partial charge in [0.05, 0.1) is 0 Å². The molecule has 0 fully saturated rings. The average molecular weight is 374 g/mol. The summed E-state index contributed by atoms with van der Waals surface area (Å²) in [7, 11) is 0. The highest BCUT2D eigenvalue weighted by atomic mass is 19.1. The Labute approximate surface area is 161 Å². The van der Waals surface area contributed by atoms with Crippen molar-refractivity contribution in [2.24, 2.45) is 0 Å². The largest absolute Gasteiger partial charge is 0.461 e. The summed E-state index contributed by atoms with van der Waals surface area (Å²) in [5, 5.41) is 0. The lowest BCUT2D eigenvalue weighted by atomic mass is 10.0. The van der Waals surface area contributed by atoms with E-state index in [2.05, 4.69) is 0 Å². The Morgan fingerprint density at radius 2 is 1.44 bits per heavy atom. The van der Waals surface area contributed by atoms with Crippen LogP contribution < -0.4 is 5.43 Å². The van der Waals surface area contributed by atoms with Gasteiger partial charge in [0.25, 0.3) is 0 Å². The van der Waals surface area contributed by atoms with Gasteiger partial charge in [0.2, 0.25) is 0 Å². The summed E-state index contributed by atoms with van der Waals surface area (Å²) in [5.74, 6) is -0.515. The zero-order chi connectivity index (χ0) is 19.3. The number of esters is 1. The summed E-state index contributed by atoms with van der Waals surface area (Å²) in [6, 6.07) is 7.87. The molecule has 148 valence electrons. The van der Waals surface area contributed by atoms with Gasteiger partial charge in [-0.15, -0.1) is 0 Å². The molecule has 0 saturated heterocycles. The molecule has 0 saturated carbocycles. The lowest BCUT2D eigenvalue weighted by molar-refractivity contribution is -0.145. The third-order valence-corrected chi connectivity index (χ3v) is 4.90. The van der Waals surface area contributed by atoms with Gasteiger partial charge >= 0.3 is 5.97 Å². The molecule has 3 nitrogen and oxygen atoms in total. The number of carbonyl (C=O) groups excluding carboxylic acids is 1. The first kappa shape index (κ1) is 21.3. The molecule has 0 aliphatic heterocycles. The van der Waals surface area contributed by atoms with Crippen LogP contribution in [0.15, 0.2) is 35.1 Å². The highest BCUT2D eigenvalue weighted by Gasteiger charge is 2.06. The van der Waals surface area contributed by atoms with Crippen LogP contribution in [-0.4, -0.2) is 5.97 Å². The molecule has 4 heteroatoms. The van der Waals surface area contributed by atoms with Crippen LogP contribution in [0.4, 0.5) is 4.39 Å². The normalized spacial score (nSPS) is 11.1. The van der Waals surface area contributed by atoms with Crippen LogP contribution in [0, 0.1) is 5.82 Å². The number of carbonyl (C=O) groups is 1. The number of hydrogen-bond donors (Lipinski definition) is 0. The number of rotatable bonds is 15. The van der Waals surface area contributed by atoms with E-state index in [1.807, 2.05) is 0 Å². The van der Waals surface area contributed by atoms with E-state index < -0.39 is 0 Å². The molecular formula is C23H31FO3. The van der Waals surface area contributed by atoms with Gasteiger partial charge in [0.1, 0.15) is 12.4 Å². The van der Waals surface area contributed by atoms with Crippen molar-refractivity contribution in [3.8, 4) is 0 Å². The Morgan fingerprint density at radius 3 is 2.04 bits per heavy atom. The topological polar surface area (TPSA) is 43.4 Å². The van der Waals surface area contributed by atoms with Gasteiger partial charge < -0.3 is 4.74 Å². The number of ether oxygens (including phenoxy) is 1. The van der Waals surface area contributed by atoms with Gasteiger partial charge in [0, 0.05) is 12.0 Å². The smallest absolute Gasteiger partial charge is 0.306 e. The molecule has 2 rings (SSSR count). The van der Waals surface area contributed by atoms with E-state index in [1.54, 1.807) is 18.2 Å². The fourth-order valence-electron chi connectivity index (χ4n) is 3.18. The number of halogens is 1. The third-order valence-electron chi connectivity index (χ3n) is 4.90. The molecule has 0 aromatic heterocycles. The van der Waals surface area contributed by atoms with Crippen molar-refractivity contribution >= 4 is 5.97 Å². The molecule has 2 aromatic carbocycles. The standard InChI is InChI=1S/C23H31FO3/c24-21-14-11-12-19(16-21)18-27-23(26)15-10-8-6-4-2-1-3-5-7-9-13-20-17-22(20)25/h11-12,14,16-17H,1-10,13,15,18H2. The maximum Gasteiger partial charge on any atom is 0.306 e. The predicted octanol–water partition coefficient (Wildman–Crippen LogP) is 5.64. The van der Waals surface area contributed by atoms with Crippen LogP contribution in [0.5, 0.6) is 0 Å². The summed E-state index contributed by atoms with van der Waals surface area (Å²) in [4.78, 5) is 22.5. The molecule has 0 aliphatic carbocycles. The molecule has 0 atom stereocenters. The first-order valence-electron chi connectivity index (χ1n) is 10.3. The second-order valence-corrected chi connectivity index (χ2v) is 7.36. The predicted molar refractivity (Wildman–Crippen MR) is 106 cm³/mol. The van der Waals surface area contributed by atoms with Crippen molar-refractivity contribution in [1.82, 2.24) is 0 Å². The Hall–Kier alpha value is -1.97. The summed E-state index contributed by atoms with van der Waals surface area (Å²) in [6.45, 7) is 0.143. The summed E-state index contributed by atoms with van der Waals surface area (Å²) in [6.07, 6.45) is 13.2. The van der Waals surface area contributed by atoms with E-state index in [-0.39, 0.29) is 23.8 Å². The molecule has 0 heterocycles. The van der Waals surface area contributed by atoms with Gasteiger partial charge in [-0.3, -0.25) is 9.59 Å². The zero-order valence-electron chi connectivity index (χ0n) is 16.2. The first-order valence-corrected chi connectivity index (χ1v) is 10.3. The molecular weight excluding hydrogens is 343 g/mol. The van der Waals surface area contributed by atoms with Crippen molar-refractivity contribution in [2.45, 2.75) is 83.7 Å². The zero-order valence-corrected chi connectivity index (χ0v) is 16.2. The fourth-order valence-corrected chi connectivity index (χ4v) is 3.18. The number of unbranched alkanes of at least 4 members (excludes halogenated alkanes) is 9.